The van der Waals surface area contributed by atoms with Gasteiger partial charge >= 0.3 is 5.97 Å². The molecule has 6 rings (SSSR count). The number of allylic oxidation sites excluding steroid dienone is 1. The summed E-state index contributed by atoms with van der Waals surface area (Å²) in [4.78, 5) is 23.8. The summed E-state index contributed by atoms with van der Waals surface area (Å²) in [6.45, 7) is 8.82. The largest absolute Gasteiger partial charge is 0.485 e. The average Bonchev–Trinajstić information content (AvgIpc) is 2.95. The summed E-state index contributed by atoms with van der Waals surface area (Å²) in [6, 6.07) is 13.4. The minimum atomic E-state index is -0.276. The molecule has 0 bridgehead atoms. The van der Waals surface area contributed by atoms with E-state index in [1.807, 2.05) is 44.3 Å². The van der Waals surface area contributed by atoms with Crippen molar-refractivity contribution in [2.24, 2.45) is 0 Å². The number of nitrogens with zero attached hydrogens (tertiary/aromatic N) is 4. The van der Waals surface area contributed by atoms with E-state index in [9.17, 15) is 9.18 Å². The first-order valence-electron chi connectivity index (χ1n) is 13.7. The smallest absolute Gasteiger partial charge is 0.336 e. The Hall–Kier alpha value is -3.91. The molecule has 0 radical (unpaired) electrons. The molecule has 1 aromatic heterocycles. The maximum Gasteiger partial charge on any atom is 0.336 e. The van der Waals surface area contributed by atoms with E-state index in [-0.39, 0.29) is 11.8 Å². The van der Waals surface area contributed by atoms with Crippen molar-refractivity contribution < 1.29 is 18.7 Å². The first-order valence-corrected chi connectivity index (χ1v) is 13.7. The van der Waals surface area contributed by atoms with E-state index in [1.165, 1.54) is 6.07 Å². The van der Waals surface area contributed by atoms with Crippen LogP contribution in [0.25, 0.3) is 10.9 Å². The Bertz CT molecular complexity index is 1470. The van der Waals surface area contributed by atoms with Gasteiger partial charge in [-0.25, -0.2) is 9.18 Å². The van der Waals surface area contributed by atoms with Crippen LogP contribution in [0.1, 0.15) is 24.6 Å². The second-order valence-electron chi connectivity index (χ2n) is 10.2. The molecule has 0 amide bonds. The van der Waals surface area contributed by atoms with Crippen LogP contribution in [0.3, 0.4) is 0 Å². The Morgan fingerprint density at radius 1 is 1.10 bits per heavy atom. The molecular formula is C31H33FN4O3. The molecule has 3 aromatic rings. The molecule has 0 aliphatic carbocycles. The fourth-order valence-electron chi connectivity index (χ4n) is 5.73. The fraction of sp³-hybridized carbons (Fsp3) is 0.355. The van der Waals surface area contributed by atoms with Crippen LogP contribution in [0.5, 0.6) is 5.75 Å². The molecule has 202 valence electrons. The molecule has 4 heterocycles. The Morgan fingerprint density at radius 3 is 2.77 bits per heavy atom. The molecule has 0 atom stereocenters. The summed E-state index contributed by atoms with van der Waals surface area (Å²) in [5, 5.41) is 0.995. The maximum absolute atomic E-state index is 14.4. The van der Waals surface area contributed by atoms with Gasteiger partial charge in [0.1, 0.15) is 18.2 Å². The molecule has 2 aromatic carbocycles. The molecule has 0 saturated carbocycles. The van der Waals surface area contributed by atoms with Crippen molar-refractivity contribution in [1.82, 2.24) is 9.88 Å². The molecule has 1 fully saturated rings. The van der Waals surface area contributed by atoms with E-state index in [0.717, 1.165) is 78.6 Å². The number of pyridine rings is 1. The molecule has 3 aliphatic heterocycles. The highest BCUT2D eigenvalue weighted by Crippen LogP contribution is 2.41. The number of aromatic nitrogens is 1. The Labute approximate surface area is 228 Å². The lowest BCUT2D eigenvalue weighted by Crippen LogP contribution is -2.47. The van der Waals surface area contributed by atoms with Gasteiger partial charge in [-0.2, -0.15) is 0 Å². The van der Waals surface area contributed by atoms with Crippen molar-refractivity contribution in [2.75, 3.05) is 55.7 Å². The predicted molar refractivity (Wildman–Crippen MR) is 151 cm³/mol. The van der Waals surface area contributed by atoms with Crippen LogP contribution in [-0.4, -0.2) is 61.8 Å². The number of benzene rings is 2. The first-order chi connectivity index (χ1) is 19.0. The monoisotopic (exact) mass is 528 g/mol. The summed E-state index contributed by atoms with van der Waals surface area (Å²) in [5.74, 6) is 0.355. The Kier molecular flexibility index (Phi) is 6.95. The summed E-state index contributed by atoms with van der Waals surface area (Å²) in [6.07, 6.45) is 5.43. The highest BCUT2D eigenvalue weighted by atomic mass is 19.1. The molecular weight excluding hydrogens is 495 g/mol. The van der Waals surface area contributed by atoms with Gasteiger partial charge in [-0.15, -0.1) is 0 Å². The molecule has 7 nitrogen and oxygen atoms in total. The van der Waals surface area contributed by atoms with Crippen molar-refractivity contribution in [3.8, 4) is 5.75 Å². The second kappa shape index (κ2) is 10.7. The van der Waals surface area contributed by atoms with Crippen LogP contribution < -0.4 is 14.5 Å². The van der Waals surface area contributed by atoms with Gasteiger partial charge in [-0.3, -0.25) is 9.88 Å². The Morgan fingerprint density at radius 2 is 1.95 bits per heavy atom. The molecule has 3 aliphatic rings. The number of hydrogen-bond donors (Lipinski definition) is 0. The van der Waals surface area contributed by atoms with Crippen molar-refractivity contribution in [1.29, 1.82) is 0 Å². The van der Waals surface area contributed by atoms with Gasteiger partial charge in [0, 0.05) is 68.2 Å². The molecule has 0 N–H and O–H groups in total. The van der Waals surface area contributed by atoms with E-state index >= 15 is 0 Å². The lowest BCUT2D eigenvalue weighted by Gasteiger charge is -2.37. The number of hydrogen-bond acceptors (Lipinski definition) is 7. The number of rotatable bonds is 6. The van der Waals surface area contributed by atoms with Crippen molar-refractivity contribution in [3.05, 3.63) is 83.1 Å². The molecule has 8 heteroatoms. The summed E-state index contributed by atoms with van der Waals surface area (Å²) in [5.41, 5.74) is 6.14. The quantitative estimate of drug-likeness (QED) is 0.418. The first kappa shape index (κ1) is 25.4. The van der Waals surface area contributed by atoms with E-state index in [2.05, 4.69) is 31.8 Å². The fourth-order valence-corrected chi connectivity index (χ4v) is 5.73. The zero-order chi connectivity index (χ0) is 26.9. The minimum Gasteiger partial charge on any atom is -0.485 e. The maximum atomic E-state index is 14.4. The number of fused-ring (bicyclic) bond motifs is 4. The van der Waals surface area contributed by atoms with Gasteiger partial charge < -0.3 is 19.3 Å². The third kappa shape index (κ3) is 4.96. The summed E-state index contributed by atoms with van der Waals surface area (Å²) in [7, 11) is 0. The average molecular weight is 529 g/mol. The number of para-hydroxylation sites is 1. The molecule has 1 saturated heterocycles. The van der Waals surface area contributed by atoms with Crippen LogP contribution in [-0.2, 0) is 16.0 Å². The van der Waals surface area contributed by atoms with Crippen molar-refractivity contribution >= 4 is 28.2 Å². The standard InChI is InChI=1S/C31H33FN4O3/c1-3-38-31(37)25-7-5-12-36-27-8-4-6-22(30(27)39-20-29(25)36)11-13-34-14-16-35(17-15-34)28-19-23(32)18-26-24(28)10-9-21(2)33-26/h4-6,8-10,12,18-19H,3,7,11,13-17,20H2,1-2H3. The third-order valence-corrected chi connectivity index (χ3v) is 7.73. The zero-order valence-corrected chi connectivity index (χ0v) is 22.5. The summed E-state index contributed by atoms with van der Waals surface area (Å²) >= 11 is 0. The number of halogens is 1. The number of anilines is 2. The number of piperazine rings is 1. The number of carbonyl (C=O) groups excluding carboxylic acids is 1. The van der Waals surface area contributed by atoms with E-state index in [0.29, 0.717) is 30.7 Å². The number of ether oxygens (including phenoxy) is 2. The number of carbonyl (C=O) groups is 1. The zero-order valence-electron chi connectivity index (χ0n) is 22.5. The topological polar surface area (TPSA) is 58.1 Å². The third-order valence-electron chi connectivity index (χ3n) is 7.73. The van der Waals surface area contributed by atoms with Gasteiger partial charge in [0.25, 0.3) is 0 Å². The molecule has 0 spiro atoms. The van der Waals surface area contributed by atoms with Crippen molar-refractivity contribution in [2.45, 2.75) is 26.7 Å². The second-order valence-corrected chi connectivity index (χ2v) is 10.2. The van der Waals surface area contributed by atoms with Crippen molar-refractivity contribution in [3.63, 3.8) is 0 Å². The van der Waals surface area contributed by atoms with E-state index < -0.39 is 0 Å². The van der Waals surface area contributed by atoms with E-state index in [4.69, 9.17) is 9.47 Å². The van der Waals surface area contributed by atoms with Gasteiger partial charge in [-0.1, -0.05) is 18.2 Å². The van der Waals surface area contributed by atoms with Crippen LogP contribution in [0.15, 0.2) is 66.0 Å². The van der Waals surface area contributed by atoms with Gasteiger partial charge in [0.05, 0.1) is 29.1 Å². The highest BCUT2D eigenvalue weighted by molar-refractivity contribution is 5.93. The lowest BCUT2D eigenvalue weighted by molar-refractivity contribution is -0.138. The Balaban J connectivity index is 1.13. The number of esters is 1. The van der Waals surface area contributed by atoms with Gasteiger partial charge in [0.15, 0.2) is 0 Å². The number of aryl methyl sites for hydroxylation is 1. The lowest BCUT2D eigenvalue weighted by atomic mass is 10.0. The highest BCUT2D eigenvalue weighted by Gasteiger charge is 2.30. The normalized spacial score (nSPS) is 17.2. The summed E-state index contributed by atoms with van der Waals surface area (Å²) < 4.78 is 25.9. The van der Waals surface area contributed by atoms with Crippen LogP contribution >= 0.6 is 0 Å². The predicted octanol–water partition coefficient (Wildman–Crippen LogP) is 4.98. The van der Waals surface area contributed by atoms with Crippen LogP contribution in [0.4, 0.5) is 15.8 Å². The van der Waals surface area contributed by atoms with Crippen LogP contribution in [0.2, 0.25) is 0 Å². The minimum absolute atomic E-state index is 0.247. The molecule has 39 heavy (non-hydrogen) atoms. The SMILES string of the molecule is CCOC(=O)C1=C2COc3c(CCN4CCN(c5cc(F)cc6nc(C)ccc56)CC4)cccc3N2C=CC1. The van der Waals surface area contributed by atoms with E-state index in [1.54, 1.807) is 6.07 Å². The molecule has 0 unspecified atom stereocenters. The van der Waals surface area contributed by atoms with Gasteiger partial charge in [-0.05, 0) is 50.1 Å². The van der Waals surface area contributed by atoms with Crippen LogP contribution in [0, 0.1) is 12.7 Å². The van der Waals surface area contributed by atoms with Gasteiger partial charge in [0.2, 0.25) is 0 Å².